The molecule has 2 N–H and O–H groups in total. The van der Waals surface area contributed by atoms with Gasteiger partial charge in [-0.25, -0.2) is 4.79 Å². The van der Waals surface area contributed by atoms with Crippen LogP contribution in [0.25, 0.3) is 0 Å². The molecule has 5 rings (SSSR count). The minimum absolute atomic E-state index is 0.200. The van der Waals surface area contributed by atoms with Crippen molar-refractivity contribution in [2.24, 2.45) is 16.7 Å². The van der Waals surface area contributed by atoms with Gasteiger partial charge in [0.05, 0.1) is 28.6 Å². The molecule has 3 atom stereocenters. The van der Waals surface area contributed by atoms with E-state index in [4.69, 9.17) is 14.2 Å². The highest BCUT2D eigenvalue weighted by atomic mass is 16.6. The van der Waals surface area contributed by atoms with Crippen LogP contribution in [0.5, 0.6) is 0 Å². The summed E-state index contributed by atoms with van der Waals surface area (Å²) in [7, 11) is 0. The lowest BCUT2D eigenvalue weighted by molar-refractivity contribution is -0.264. The monoisotopic (exact) mass is 482 g/mol. The maximum atomic E-state index is 12.4. The molecular weight excluding hydrogens is 440 g/mol. The topological polar surface area (TPSA) is 119 Å². The minimum atomic E-state index is -0.842. The number of ether oxygens (including phenoxy) is 3. The Morgan fingerprint density at radius 1 is 0.941 bits per heavy atom. The quantitative estimate of drug-likeness (QED) is 0.436. The zero-order chi connectivity index (χ0) is 25.6. The Morgan fingerprint density at radius 2 is 1.47 bits per heavy atom. The third-order valence-electron chi connectivity index (χ3n) is 8.28. The van der Waals surface area contributed by atoms with E-state index >= 15 is 0 Å². The molecule has 8 heteroatoms. The van der Waals surface area contributed by atoms with E-state index in [0.29, 0.717) is 38.7 Å². The number of esters is 3. The van der Waals surface area contributed by atoms with Gasteiger partial charge in [-0.3, -0.25) is 9.59 Å². The first-order valence-corrected chi connectivity index (χ1v) is 12.6. The number of rotatable bonds is 6. The van der Waals surface area contributed by atoms with Gasteiger partial charge in [-0.1, -0.05) is 13.8 Å². The third kappa shape index (κ3) is 5.59. The van der Waals surface area contributed by atoms with Crippen molar-refractivity contribution in [1.82, 2.24) is 0 Å². The Kier molecular flexibility index (Phi) is 7.19. The van der Waals surface area contributed by atoms with Crippen LogP contribution in [0.2, 0.25) is 0 Å². The molecule has 5 fully saturated rings. The molecule has 5 aliphatic rings. The molecule has 0 spiro atoms. The van der Waals surface area contributed by atoms with Crippen molar-refractivity contribution in [3.8, 4) is 0 Å². The largest absolute Gasteiger partial charge is 0.463 e. The van der Waals surface area contributed by atoms with Crippen molar-refractivity contribution in [2.75, 3.05) is 6.61 Å². The summed E-state index contributed by atoms with van der Waals surface area (Å²) >= 11 is 0. The second kappa shape index (κ2) is 9.08. The van der Waals surface area contributed by atoms with Crippen LogP contribution in [0.4, 0.5) is 0 Å². The Hall–Kier alpha value is -1.67. The van der Waals surface area contributed by atoms with Crippen molar-refractivity contribution >= 4 is 17.9 Å². The molecule has 1 heterocycles. The average Bonchev–Trinajstić information content (AvgIpc) is 3.09. The molecule has 4 saturated carbocycles. The van der Waals surface area contributed by atoms with Crippen molar-refractivity contribution in [1.29, 1.82) is 0 Å². The molecule has 4 bridgehead atoms. The first-order chi connectivity index (χ1) is 15.6. The SMILES string of the molecule is CCC(C)(C)C(=O)OC12CC3CC(O)(CC(O)(C3)C1)C2.CCC(C)(C)C(=O)OC1CCOC1=O. The summed E-state index contributed by atoms with van der Waals surface area (Å²) in [5, 5.41) is 21.3. The summed E-state index contributed by atoms with van der Waals surface area (Å²) in [6.45, 7) is 11.6. The van der Waals surface area contributed by atoms with Crippen LogP contribution in [-0.4, -0.2) is 57.6 Å². The van der Waals surface area contributed by atoms with Crippen molar-refractivity contribution in [3.63, 3.8) is 0 Å². The van der Waals surface area contributed by atoms with E-state index in [1.54, 1.807) is 13.8 Å². The van der Waals surface area contributed by atoms with Gasteiger partial charge in [0.25, 0.3) is 0 Å². The van der Waals surface area contributed by atoms with Gasteiger partial charge < -0.3 is 24.4 Å². The molecule has 194 valence electrons. The number of carbonyl (C=O) groups excluding carboxylic acids is 3. The first-order valence-electron chi connectivity index (χ1n) is 12.6. The third-order valence-corrected chi connectivity index (χ3v) is 8.28. The highest BCUT2D eigenvalue weighted by molar-refractivity contribution is 5.82. The zero-order valence-electron chi connectivity index (χ0n) is 21.6. The van der Waals surface area contributed by atoms with E-state index in [-0.39, 0.29) is 17.9 Å². The molecule has 0 aromatic heterocycles. The number of hydrogen-bond donors (Lipinski definition) is 2. The molecule has 1 aliphatic heterocycles. The first kappa shape index (κ1) is 26.9. The molecule has 1 saturated heterocycles. The van der Waals surface area contributed by atoms with Gasteiger partial charge in [0, 0.05) is 25.7 Å². The van der Waals surface area contributed by atoms with Crippen LogP contribution >= 0.6 is 0 Å². The maximum Gasteiger partial charge on any atom is 0.347 e. The fraction of sp³-hybridized carbons (Fsp3) is 0.885. The predicted octanol–water partition coefficient (Wildman–Crippen LogP) is 3.45. The summed E-state index contributed by atoms with van der Waals surface area (Å²) < 4.78 is 15.6. The second-order valence-electron chi connectivity index (χ2n) is 12.4. The molecule has 34 heavy (non-hydrogen) atoms. The van der Waals surface area contributed by atoms with Crippen molar-refractivity contribution < 1.29 is 38.8 Å². The van der Waals surface area contributed by atoms with Crippen molar-refractivity contribution in [3.05, 3.63) is 0 Å². The van der Waals surface area contributed by atoms with Crippen LogP contribution in [0.15, 0.2) is 0 Å². The Morgan fingerprint density at radius 3 is 1.91 bits per heavy atom. The van der Waals surface area contributed by atoms with E-state index in [1.807, 2.05) is 27.7 Å². The van der Waals surface area contributed by atoms with Gasteiger partial charge in [-0.2, -0.15) is 0 Å². The fourth-order valence-electron chi connectivity index (χ4n) is 5.86. The summed E-state index contributed by atoms with van der Waals surface area (Å²) in [5.74, 6) is -0.679. The maximum absolute atomic E-state index is 12.4. The number of carbonyl (C=O) groups is 3. The smallest absolute Gasteiger partial charge is 0.347 e. The summed E-state index contributed by atoms with van der Waals surface area (Å²) in [6, 6.07) is 0. The summed E-state index contributed by atoms with van der Waals surface area (Å²) in [4.78, 5) is 35.0. The lowest BCUT2D eigenvalue weighted by atomic mass is 9.50. The Balaban J connectivity index is 0.000000204. The normalized spacial score (nSPS) is 36.4. The second-order valence-corrected chi connectivity index (χ2v) is 12.4. The molecule has 4 aliphatic carbocycles. The molecule has 0 radical (unpaired) electrons. The molecule has 3 unspecified atom stereocenters. The highest BCUT2D eigenvalue weighted by Crippen LogP contribution is 2.60. The minimum Gasteiger partial charge on any atom is -0.463 e. The van der Waals surface area contributed by atoms with Crippen LogP contribution < -0.4 is 0 Å². The fourth-order valence-corrected chi connectivity index (χ4v) is 5.86. The van der Waals surface area contributed by atoms with E-state index in [1.165, 1.54) is 0 Å². The zero-order valence-corrected chi connectivity index (χ0v) is 21.6. The standard InChI is InChI=1S/C16H26O4.C10H16O4/c1-4-13(2,3)12(17)20-16-7-11-5-14(18,9-16)8-15(19,6-11)10-16;1-4-10(2,3)9(12)14-7-5-6-13-8(7)11/h11,18-19H,4-10H2,1-3H3;7H,4-6H2,1-3H3. The Labute approximate surface area is 202 Å². The Bertz CT molecular complexity index is 798. The average molecular weight is 483 g/mol. The molecular formula is C26H42O8. The predicted molar refractivity (Wildman–Crippen MR) is 124 cm³/mol. The van der Waals surface area contributed by atoms with E-state index < -0.39 is 39.7 Å². The van der Waals surface area contributed by atoms with Crippen LogP contribution in [0.1, 0.15) is 99.3 Å². The van der Waals surface area contributed by atoms with Crippen LogP contribution in [-0.2, 0) is 28.6 Å². The van der Waals surface area contributed by atoms with E-state index in [0.717, 1.165) is 25.7 Å². The van der Waals surface area contributed by atoms with Gasteiger partial charge in [0.1, 0.15) is 5.60 Å². The molecule has 8 nitrogen and oxygen atoms in total. The number of hydrogen-bond acceptors (Lipinski definition) is 8. The van der Waals surface area contributed by atoms with Crippen LogP contribution in [0, 0.1) is 16.7 Å². The highest BCUT2D eigenvalue weighted by Gasteiger charge is 2.64. The van der Waals surface area contributed by atoms with Crippen LogP contribution in [0.3, 0.4) is 0 Å². The summed E-state index contributed by atoms with van der Waals surface area (Å²) in [6.07, 6.45) is 4.90. The van der Waals surface area contributed by atoms with E-state index in [9.17, 15) is 24.6 Å². The number of cyclic esters (lactones) is 1. The van der Waals surface area contributed by atoms with Gasteiger partial charge in [0.2, 0.25) is 6.10 Å². The van der Waals surface area contributed by atoms with Gasteiger partial charge in [0.15, 0.2) is 0 Å². The number of aliphatic hydroxyl groups is 2. The lowest BCUT2D eigenvalue weighted by Crippen LogP contribution is -2.67. The molecule has 0 amide bonds. The van der Waals surface area contributed by atoms with Crippen molar-refractivity contribution in [2.45, 2.75) is 122 Å². The molecule has 0 aromatic rings. The lowest BCUT2D eigenvalue weighted by Gasteiger charge is -2.62. The van der Waals surface area contributed by atoms with Gasteiger partial charge in [-0.15, -0.1) is 0 Å². The molecule has 0 aromatic carbocycles. The van der Waals surface area contributed by atoms with Gasteiger partial charge >= 0.3 is 17.9 Å². The summed E-state index contributed by atoms with van der Waals surface area (Å²) in [5.41, 5.74) is -3.36. The van der Waals surface area contributed by atoms with E-state index in [2.05, 4.69) is 0 Å². The van der Waals surface area contributed by atoms with Gasteiger partial charge in [-0.05, 0) is 65.7 Å².